The number of ketones is 2. The summed E-state index contributed by atoms with van der Waals surface area (Å²) in [7, 11) is -3.13. The molecule has 226 valence electrons. The molecular weight excluding hydrogens is 568 g/mol. The van der Waals surface area contributed by atoms with Gasteiger partial charge in [-0.3, -0.25) is 19.3 Å². The lowest BCUT2D eigenvalue weighted by Crippen LogP contribution is -2.58. The Bertz CT molecular complexity index is 1370. The summed E-state index contributed by atoms with van der Waals surface area (Å²) in [4.78, 5) is 54.0. The van der Waals surface area contributed by atoms with Crippen molar-refractivity contribution in [3.63, 3.8) is 0 Å². The predicted molar refractivity (Wildman–Crippen MR) is 148 cm³/mol. The molecule has 2 aliphatic rings. The van der Waals surface area contributed by atoms with Gasteiger partial charge in [-0.25, -0.2) is 17.5 Å². The zero-order valence-corrected chi connectivity index (χ0v) is 24.0. The largest absolute Gasteiger partial charge is 0.497 e. The molecule has 2 fully saturated rings. The van der Waals surface area contributed by atoms with E-state index in [1.165, 1.54) is 31.4 Å². The van der Waals surface area contributed by atoms with Crippen LogP contribution in [0, 0.1) is 5.92 Å². The lowest BCUT2D eigenvalue weighted by atomic mass is 9.96. The van der Waals surface area contributed by atoms with Gasteiger partial charge in [0.05, 0.1) is 31.3 Å². The quantitative estimate of drug-likeness (QED) is 0.283. The average molecular weight is 603 g/mol. The third-order valence-electron chi connectivity index (χ3n) is 7.50. The first kappa shape index (κ1) is 31.1. The van der Waals surface area contributed by atoms with Gasteiger partial charge < -0.3 is 19.3 Å². The van der Waals surface area contributed by atoms with Crippen molar-refractivity contribution in [1.29, 1.82) is 0 Å². The molecule has 42 heavy (non-hydrogen) atoms. The molecule has 1 heterocycles. The highest BCUT2D eigenvalue weighted by Crippen LogP contribution is 2.29. The summed E-state index contributed by atoms with van der Waals surface area (Å²) < 4.78 is 43.4. The maximum absolute atomic E-state index is 13.8. The first-order valence-electron chi connectivity index (χ1n) is 13.6. The van der Waals surface area contributed by atoms with Crippen molar-refractivity contribution in [2.45, 2.75) is 49.1 Å². The maximum Gasteiger partial charge on any atom is 0.408 e. The number of hydrogen-bond donors (Lipinski definition) is 1. The molecule has 0 bridgehead atoms. The number of ether oxygens (including phenoxy) is 3. The number of nitrogens with zero attached hydrogens (tertiary/aromatic N) is 2. The van der Waals surface area contributed by atoms with Gasteiger partial charge in [0.25, 0.3) is 15.8 Å². The summed E-state index contributed by atoms with van der Waals surface area (Å²) in [5.41, 5.74) is 0.536. The Morgan fingerprint density at radius 2 is 1.60 bits per heavy atom. The lowest BCUT2D eigenvalue weighted by Gasteiger charge is -2.36. The Labute approximate surface area is 244 Å². The minimum absolute atomic E-state index is 0.0575. The molecule has 13 heteroatoms. The van der Waals surface area contributed by atoms with Crippen LogP contribution in [0.2, 0.25) is 0 Å². The van der Waals surface area contributed by atoms with Crippen LogP contribution in [0.1, 0.15) is 31.2 Å². The molecule has 1 atom stereocenters. The Morgan fingerprint density at radius 1 is 0.976 bits per heavy atom. The molecule has 0 radical (unpaired) electrons. The number of sulfonamides is 1. The van der Waals surface area contributed by atoms with Gasteiger partial charge in [-0.05, 0) is 48.6 Å². The molecule has 2 aromatic rings. The van der Waals surface area contributed by atoms with E-state index in [0.29, 0.717) is 28.5 Å². The third-order valence-corrected chi connectivity index (χ3v) is 9.27. The second-order valence-corrected chi connectivity index (χ2v) is 12.1. The molecule has 1 aliphatic carbocycles. The SMILES string of the molecule is COc1ccc(S(=O)(=O)N(CC2CCCC2)C(=O)C(=O)C(=O)[C@@H](Cc2ccccc2)N(C(=O)O)C2COCOC2)cc1. The van der Waals surface area contributed by atoms with E-state index in [2.05, 4.69) is 0 Å². The number of carbonyl (C=O) groups excluding carboxylic acids is 3. The van der Waals surface area contributed by atoms with Crippen molar-refractivity contribution in [1.82, 2.24) is 9.21 Å². The number of benzene rings is 2. The minimum Gasteiger partial charge on any atom is -0.497 e. The highest BCUT2D eigenvalue weighted by atomic mass is 32.2. The Kier molecular flexibility index (Phi) is 10.3. The molecule has 1 N–H and O–H groups in total. The Hall–Kier alpha value is -3.81. The van der Waals surface area contributed by atoms with Crippen LogP contribution >= 0.6 is 0 Å². The second kappa shape index (κ2) is 13.9. The summed E-state index contributed by atoms with van der Waals surface area (Å²) in [6.07, 6.45) is 1.28. The molecule has 0 spiro atoms. The van der Waals surface area contributed by atoms with Gasteiger partial charge >= 0.3 is 12.0 Å². The number of rotatable bonds is 12. The van der Waals surface area contributed by atoms with E-state index >= 15 is 0 Å². The van der Waals surface area contributed by atoms with Crippen molar-refractivity contribution in [3.05, 3.63) is 60.2 Å². The summed E-state index contributed by atoms with van der Waals surface area (Å²) >= 11 is 0. The van der Waals surface area contributed by atoms with Crippen LogP contribution in [0.5, 0.6) is 5.75 Å². The molecular formula is C29H34N2O10S. The van der Waals surface area contributed by atoms with Gasteiger partial charge in [0.1, 0.15) is 18.6 Å². The number of methoxy groups -OCH3 is 1. The van der Waals surface area contributed by atoms with Gasteiger partial charge in [0.2, 0.25) is 5.78 Å². The molecule has 0 unspecified atom stereocenters. The van der Waals surface area contributed by atoms with Crippen LogP contribution in [0.15, 0.2) is 59.5 Å². The fraction of sp³-hybridized carbons (Fsp3) is 0.448. The monoisotopic (exact) mass is 602 g/mol. The fourth-order valence-electron chi connectivity index (χ4n) is 5.30. The summed E-state index contributed by atoms with van der Waals surface area (Å²) in [5.74, 6) is -4.27. The van der Waals surface area contributed by atoms with Crippen molar-refractivity contribution < 1.29 is 46.9 Å². The molecule has 2 aromatic carbocycles. The topological polar surface area (TPSA) is 157 Å². The highest BCUT2D eigenvalue weighted by molar-refractivity contribution is 7.89. The first-order chi connectivity index (χ1) is 20.1. The van der Waals surface area contributed by atoms with Gasteiger partial charge in [0, 0.05) is 13.0 Å². The van der Waals surface area contributed by atoms with E-state index in [1.807, 2.05) is 0 Å². The van der Waals surface area contributed by atoms with Crippen LogP contribution in [0.25, 0.3) is 0 Å². The molecule has 2 amide bonds. The summed E-state index contributed by atoms with van der Waals surface area (Å²) in [6, 6.07) is 11.2. The predicted octanol–water partition coefficient (Wildman–Crippen LogP) is 2.51. The van der Waals surface area contributed by atoms with E-state index in [0.717, 1.165) is 17.7 Å². The fourth-order valence-corrected chi connectivity index (χ4v) is 6.74. The molecule has 0 aromatic heterocycles. The van der Waals surface area contributed by atoms with Gasteiger partial charge in [-0.15, -0.1) is 0 Å². The summed E-state index contributed by atoms with van der Waals surface area (Å²) in [6.45, 7) is -0.514. The molecule has 1 saturated heterocycles. The number of Topliss-reactive ketones (excluding diaryl/α,β-unsaturated/α-hetero) is 2. The molecule has 1 saturated carbocycles. The van der Waals surface area contributed by atoms with Crippen molar-refractivity contribution in [3.8, 4) is 5.75 Å². The zero-order chi connectivity index (χ0) is 30.3. The average Bonchev–Trinajstić information content (AvgIpc) is 3.53. The van der Waals surface area contributed by atoms with Crippen molar-refractivity contribution in [2.75, 3.05) is 33.7 Å². The van der Waals surface area contributed by atoms with Crippen LogP contribution in [-0.4, -0.2) is 92.0 Å². The maximum atomic E-state index is 13.8. The van der Waals surface area contributed by atoms with Crippen LogP contribution in [0.3, 0.4) is 0 Å². The Balaban J connectivity index is 1.69. The number of amides is 2. The zero-order valence-electron chi connectivity index (χ0n) is 23.2. The Morgan fingerprint density at radius 3 is 2.17 bits per heavy atom. The number of carbonyl (C=O) groups is 4. The lowest BCUT2D eigenvalue weighted by molar-refractivity contribution is -0.153. The molecule has 4 rings (SSSR count). The number of carboxylic acid groups (broad SMARTS) is 1. The normalized spacial score (nSPS) is 16.9. The van der Waals surface area contributed by atoms with Gasteiger partial charge in [0.15, 0.2) is 0 Å². The molecule has 12 nitrogen and oxygen atoms in total. The van der Waals surface area contributed by atoms with E-state index in [9.17, 15) is 32.7 Å². The van der Waals surface area contributed by atoms with Crippen molar-refractivity contribution >= 4 is 33.6 Å². The van der Waals surface area contributed by atoms with Crippen molar-refractivity contribution in [2.24, 2.45) is 5.92 Å². The van der Waals surface area contributed by atoms with Gasteiger partial charge in [-0.2, -0.15) is 0 Å². The van der Waals surface area contributed by atoms with Crippen LogP contribution in [0.4, 0.5) is 4.79 Å². The third kappa shape index (κ3) is 7.15. The standard InChI is InChI=1S/C29H34N2O10S/c1-39-23-11-13-24(14-12-23)42(37,38)30(16-21-9-5-6-10-21)28(34)27(33)26(32)25(15-20-7-3-2-4-8-20)31(29(35)36)22-17-40-19-41-18-22/h2-4,7-8,11-14,21-22,25H,5-6,9-10,15-19H2,1H3,(H,35,36)/t25-/m1/s1. The van der Waals surface area contributed by atoms with E-state index in [-0.39, 0.29) is 43.8 Å². The molecule has 1 aliphatic heterocycles. The van der Waals surface area contributed by atoms with E-state index < -0.39 is 45.7 Å². The van der Waals surface area contributed by atoms with E-state index in [4.69, 9.17) is 14.2 Å². The number of hydrogen-bond acceptors (Lipinski definition) is 9. The van der Waals surface area contributed by atoms with Crippen LogP contribution in [-0.2, 0) is 40.3 Å². The minimum atomic E-state index is -4.55. The van der Waals surface area contributed by atoms with Crippen LogP contribution < -0.4 is 4.74 Å². The first-order valence-corrected chi connectivity index (χ1v) is 15.1. The van der Waals surface area contributed by atoms with Gasteiger partial charge in [-0.1, -0.05) is 43.2 Å². The van der Waals surface area contributed by atoms with E-state index in [1.54, 1.807) is 30.3 Å². The smallest absolute Gasteiger partial charge is 0.408 e. The summed E-state index contributed by atoms with van der Waals surface area (Å²) in [5, 5.41) is 10.1. The second-order valence-electron chi connectivity index (χ2n) is 10.3. The highest BCUT2D eigenvalue weighted by Gasteiger charge is 2.44.